The minimum atomic E-state index is -0.632. The third-order valence-corrected chi connectivity index (χ3v) is 13.0. The number of urea groups is 3. The summed E-state index contributed by atoms with van der Waals surface area (Å²) in [4.78, 5) is 68.3. The number of phenolic OH excluding ortho intramolecular Hbond substituents is 3. The number of carbonyl (C=O) groups is 3. The van der Waals surface area contributed by atoms with Crippen molar-refractivity contribution in [1.82, 2.24) is 0 Å². The maximum absolute atomic E-state index is 12.3. The number of ether oxygens (including phenoxy) is 1. The molecule has 84 heavy (non-hydrogen) atoms. The Labute approximate surface area is 484 Å². The second-order valence-electron chi connectivity index (χ2n) is 17.8. The number of non-ortho nitro benzene ring substituents is 3. The van der Waals surface area contributed by atoms with E-state index in [1.807, 2.05) is 127 Å². The number of nitrogens with zero attached hydrogens (tertiary/aromatic N) is 3. The lowest BCUT2D eigenvalue weighted by molar-refractivity contribution is -0.385. The number of thioether (sulfide) groups is 1. The number of nitro benzene ring substituents is 3. The van der Waals surface area contributed by atoms with Gasteiger partial charge in [0.25, 0.3) is 17.1 Å². The summed E-state index contributed by atoms with van der Waals surface area (Å²) in [5.41, 5.74) is 5.18. The number of benzene rings is 9. The predicted molar refractivity (Wildman–Crippen MR) is 322 cm³/mol. The van der Waals surface area contributed by atoms with Gasteiger partial charge >= 0.3 is 18.1 Å². The van der Waals surface area contributed by atoms with E-state index in [1.165, 1.54) is 42.0 Å². The number of hydrogen-bond acceptors (Lipinski definition) is 14. The zero-order valence-electron chi connectivity index (χ0n) is 44.3. The summed E-state index contributed by atoms with van der Waals surface area (Å²) in [6, 6.07) is 60.0. The molecule has 0 unspecified atom stereocenters. The Morgan fingerprint density at radius 2 is 0.738 bits per heavy atom. The van der Waals surface area contributed by atoms with E-state index in [4.69, 9.17) is 4.74 Å². The summed E-state index contributed by atoms with van der Waals surface area (Å²) in [5, 5.41) is 77.4. The van der Waals surface area contributed by atoms with Crippen LogP contribution in [0.2, 0.25) is 0 Å². The molecule has 0 heterocycles. The van der Waals surface area contributed by atoms with Crippen LogP contribution in [-0.4, -0.2) is 48.2 Å². The van der Waals surface area contributed by atoms with E-state index in [2.05, 4.69) is 44.0 Å². The molecule has 9 N–H and O–H groups in total. The van der Waals surface area contributed by atoms with Gasteiger partial charge < -0.3 is 52.0 Å². The zero-order valence-corrected chi connectivity index (χ0v) is 45.1. The van der Waals surface area contributed by atoms with Crippen LogP contribution in [0.25, 0.3) is 0 Å². The van der Waals surface area contributed by atoms with Crippen LogP contribution in [0.4, 0.5) is 65.6 Å². The first-order valence-electron chi connectivity index (χ1n) is 25.4. The van der Waals surface area contributed by atoms with E-state index >= 15 is 0 Å². The van der Waals surface area contributed by atoms with E-state index in [9.17, 15) is 60.0 Å². The number of hydrogen-bond donors (Lipinski definition) is 9. The Morgan fingerprint density at radius 3 is 1.17 bits per heavy atom. The molecule has 0 aromatic heterocycles. The average molecular weight is 1150 g/mol. The molecule has 23 heteroatoms. The number of nitrogens with one attached hydrogen (secondary N) is 6. The maximum Gasteiger partial charge on any atom is 0.323 e. The topological polar surface area (TPSA) is 323 Å². The van der Waals surface area contributed by atoms with Crippen molar-refractivity contribution >= 4 is 81.0 Å². The van der Waals surface area contributed by atoms with Gasteiger partial charge in [-0.05, 0) is 90.2 Å². The highest BCUT2D eigenvalue weighted by atomic mass is 32.2. The fourth-order valence-corrected chi connectivity index (χ4v) is 8.64. The number of aryl methyl sites for hydroxylation is 2. The molecule has 9 rings (SSSR count). The molecule has 6 amide bonds. The number of para-hydroxylation sites is 4. The lowest BCUT2D eigenvalue weighted by atomic mass is 10.0. The molecule has 9 aromatic carbocycles. The van der Waals surface area contributed by atoms with E-state index in [0.29, 0.717) is 28.6 Å². The zero-order chi connectivity index (χ0) is 59.8. The Hall–Kier alpha value is -11.5. The van der Waals surface area contributed by atoms with Gasteiger partial charge in [-0.25, -0.2) is 14.4 Å². The first-order chi connectivity index (χ1) is 40.6. The quantitative estimate of drug-likeness (QED) is 0.0167. The molecule has 0 aliphatic heterocycles. The van der Waals surface area contributed by atoms with Crippen LogP contribution in [0.5, 0.6) is 23.0 Å². The van der Waals surface area contributed by atoms with E-state index in [-0.39, 0.29) is 52.2 Å². The molecule has 0 saturated heterocycles. The summed E-state index contributed by atoms with van der Waals surface area (Å²) in [6.45, 7) is 0.253. The molecule has 0 fully saturated rings. The Bertz CT molecular complexity index is 3370. The maximum atomic E-state index is 12.3. The number of anilines is 6. The molecule has 22 nitrogen and oxygen atoms in total. The summed E-state index contributed by atoms with van der Waals surface area (Å²) >= 11 is 1.65. The van der Waals surface area contributed by atoms with Crippen molar-refractivity contribution in [1.29, 1.82) is 0 Å². The van der Waals surface area contributed by atoms with Gasteiger partial charge in [0.1, 0.15) is 29.6 Å². The van der Waals surface area contributed by atoms with Gasteiger partial charge in [0.15, 0.2) is 0 Å². The van der Waals surface area contributed by atoms with Crippen molar-refractivity contribution in [3.8, 4) is 23.0 Å². The fourth-order valence-electron chi connectivity index (χ4n) is 7.72. The van der Waals surface area contributed by atoms with Gasteiger partial charge in [0.05, 0.1) is 50.0 Å². The van der Waals surface area contributed by atoms with E-state index in [1.54, 1.807) is 36.0 Å². The van der Waals surface area contributed by atoms with Gasteiger partial charge in [-0.2, -0.15) is 0 Å². The normalized spacial score (nSPS) is 10.2. The van der Waals surface area contributed by atoms with Gasteiger partial charge in [-0.3, -0.25) is 30.3 Å². The molecule has 0 bridgehead atoms. The molecule has 0 aliphatic rings. The van der Waals surface area contributed by atoms with Crippen LogP contribution in [0, 0.1) is 30.3 Å². The standard InChI is InChI=1S/C21H19N3O4.C20H17N3O5.C20H17N3O4S/c25-20-14-17(24(27)28)12-13-19(20)23-21(26)22-18-9-5-4-8-16(18)11-10-15-6-2-1-3-7-15;2*24-19-12-15(23(26)27)10-11-18(19)22-20(25)21-17-9-5-4-6-14(17)13-28-16-7-2-1-3-8-16/h1-9,12-14,25H,10-11H2,(H2,22,23,26);2*1-12,24H,13H2,(H2,21,22,25). The van der Waals surface area contributed by atoms with Gasteiger partial charge in [0.2, 0.25) is 0 Å². The third-order valence-electron chi connectivity index (χ3n) is 11.9. The number of phenols is 3. The molecule has 0 atom stereocenters. The Balaban J connectivity index is 0.000000181. The number of carbonyl (C=O) groups excluding carboxylic acids is 3. The molecular formula is C61H53N9O13S. The van der Waals surface area contributed by atoms with Gasteiger partial charge in [-0.1, -0.05) is 121 Å². The van der Waals surface area contributed by atoms with Crippen molar-refractivity contribution < 1.29 is 49.2 Å². The van der Waals surface area contributed by atoms with Crippen LogP contribution in [0.15, 0.2) is 223 Å². The molecule has 0 spiro atoms. The minimum absolute atomic E-state index is 0.0566. The smallest absolute Gasteiger partial charge is 0.323 e. The van der Waals surface area contributed by atoms with E-state index < -0.39 is 38.6 Å². The van der Waals surface area contributed by atoms with Crippen LogP contribution >= 0.6 is 11.8 Å². The highest BCUT2D eigenvalue weighted by Gasteiger charge is 2.17. The summed E-state index contributed by atoms with van der Waals surface area (Å²) in [6.07, 6.45) is 1.59. The van der Waals surface area contributed by atoms with Gasteiger partial charge in [0, 0.05) is 51.5 Å². The van der Waals surface area contributed by atoms with Crippen molar-refractivity contribution in [3.05, 3.63) is 271 Å². The van der Waals surface area contributed by atoms with E-state index in [0.717, 1.165) is 52.6 Å². The number of rotatable bonds is 18. The van der Waals surface area contributed by atoms with Crippen molar-refractivity contribution in [3.63, 3.8) is 0 Å². The minimum Gasteiger partial charge on any atom is -0.506 e. The fraction of sp³-hybridized carbons (Fsp3) is 0.0656. The predicted octanol–water partition coefficient (Wildman–Crippen LogP) is 14.5. The second kappa shape index (κ2) is 30.2. The summed E-state index contributed by atoms with van der Waals surface area (Å²) in [7, 11) is 0. The number of amides is 6. The molecular weight excluding hydrogens is 1100 g/mol. The number of aromatic hydroxyl groups is 3. The monoisotopic (exact) mass is 1150 g/mol. The van der Waals surface area contributed by atoms with Crippen LogP contribution in [0.3, 0.4) is 0 Å². The van der Waals surface area contributed by atoms with Crippen molar-refractivity contribution in [2.75, 3.05) is 31.9 Å². The molecule has 9 aromatic rings. The summed E-state index contributed by atoms with van der Waals surface area (Å²) in [5.74, 6) is 0.227. The number of nitro groups is 3. The van der Waals surface area contributed by atoms with Crippen LogP contribution in [-0.2, 0) is 25.2 Å². The Kier molecular flexibility index (Phi) is 21.6. The largest absolute Gasteiger partial charge is 0.506 e. The first-order valence-corrected chi connectivity index (χ1v) is 26.4. The second-order valence-corrected chi connectivity index (χ2v) is 18.8. The third kappa shape index (κ3) is 18.6. The SMILES string of the molecule is O=C(Nc1ccc([N+](=O)[O-])cc1O)Nc1ccccc1CCc1ccccc1.O=C(Nc1ccc([N+](=O)[O-])cc1O)Nc1ccccc1COc1ccccc1.O=C(Nc1ccc([N+](=O)[O-])cc1O)Nc1ccccc1CSc1ccccc1. The van der Waals surface area contributed by atoms with Crippen LogP contribution < -0.4 is 36.6 Å². The van der Waals surface area contributed by atoms with Crippen molar-refractivity contribution in [2.24, 2.45) is 0 Å². The molecule has 0 aliphatic carbocycles. The highest BCUT2D eigenvalue weighted by molar-refractivity contribution is 7.98. The molecule has 0 radical (unpaired) electrons. The molecule has 426 valence electrons. The molecule has 0 saturated carbocycles. The highest BCUT2D eigenvalue weighted by Crippen LogP contribution is 2.32. The first kappa shape index (κ1) is 60.2. The average Bonchev–Trinajstić information content (AvgIpc) is 3.71. The van der Waals surface area contributed by atoms with Crippen molar-refractivity contribution in [2.45, 2.75) is 30.1 Å². The summed E-state index contributed by atoms with van der Waals surface area (Å²) < 4.78 is 5.71. The Morgan fingerprint density at radius 1 is 0.393 bits per heavy atom. The van der Waals surface area contributed by atoms with Gasteiger partial charge in [-0.15, -0.1) is 11.8 Å². The lowest BCUT2D eigenvalue weighted by Crippen LogP contribution is -2.20. The van der Waals surface area contributed by atoms with Crippen LogP contribution in [0.1, 0.15) is 22.3 Å². The lowest BCUT2D eigenvalue weighted by Gasteiger charge is -2.13.